The molecule has 2 rings (SSSR count). The van der Waals surface area contributed by atoms with Gasteiger partial charge in [-0.2, -0.15) is 0 Å². The summed E-state index contributed by atoms with van der Waals surface area (Å²) in [5, 5.41) is 4.79. The number of hydrogen-bond acceptors (Lipinski definition) is 3. The molecule has 0 atom stereocenters. The Morgan fingerprint density at radius 3 is 2.58 bits per heavy atom. The van der Waals surface area contributed by atoms with Gasteiger partial charge >= 0.3 is 0 Å². The number of nitrogens with one attached hydrogen (secondary N) is 1. The molecule has 1 aromatic heterocycles. The average Bonchev–Trinajstić information content (AvgIpc) is 2.42. The molecular formula is C14H14Cl2N2S. The van der Waals surface area contributed by atoms with E-state index < -0.39 is 0 Å². The summed E-state index contributed by atoms with van der Waals surface area (Å²) in [4.78, 5) is 5.03. The van der Waals surface area contributed by atoms with Crippen LogP contribution in [0.5, 0.6) is 0 Å². The highest BCUT2D eigenvalue weighted by Gasteiger charge is 2.05. The molecular weight excluding hydrogens is 299 g/mol. The first-order valence-electron chi connectivity index (χ1n) is 5.94. The second kappa shape index (κ2) is 7.75. The Hall–Kier alpha value is -0.740. The minimum atomic E-state index is 0.713. The van der Waals surface area contributed by atoms with Gasteiger partial charge < -0.3 is 5.32 Å². The van der Waals surface area contributed by atoms with Crippen LogP contribution in [0.15, 0.2) is 47.6 Å². The van der Waals surface area contributed by atoms with E-state index >= 15 is 0 Å². The summed E-state index contributed by atoms with van der Waals surface area (Å²) < 4.78 is 0. The van der Waals surface area contributed by atoms with Gasteiger partial charge in [0.15, 0.2) is 0 Å². The molecule has 0 spiro atoms. The van der Waals surface area contributed by atoms with Crippen LogP contribution < -0.4 is 5.32 Å². The van der Waals surface area contributed by atoms with Crippen LogP contribution in [-0.4, -0.2) is 17.3 Å². The predicted molar refractivity (Wildman–Crippen MR) is 83.1 cm³/mol. The normalized spacial score (nSPS) is 10.6. The second-order valence-corrected chi connectivity index (χ2v) is 5.86. The molecule has 1 heterocycles. The number of thioether (sulfide) groups is 1. The van der Waals surface area contributed by atoms with Crippen molar-refractivity contribution in [3.63, 3.8) is 0 Å². The molecule has 0 radical (unpaired) electrons. The largest absolute Gasteiger partial charge is 0.312 e. The summed E-state index contributed by atoms with van der Waals surface area (Å²) in [5.41, 5.74) is 1.18. The van der Waals surface area contributed by atoms with Crippen molar-refractivity contribution in [2.75, 3.05) is 12.3 Å². The Morgan fingerprint density at radius 1 is 1.11 bits per heavy atom. The van der Waals surface area contributed by atoms with Crippen LogP contribution in [0, 0.1) is 0 Å². The van der Waals surface area contributed by atoms with E-state index in [2.05, 4.69) is 16.4 Å². The van der Waals surface area contributed by atoms with Crippen LogP contribution in [0.3, 0.4) is 0 Å². The number of pyridine rings is 1. The van der Waals surface area contributed by atoms with Gasteiger partial charge in [-0.25, -0.2) is 0 Å². The van der Waals surface area contributed by atoms with Crippen molar-refractivity contribution in [3.05, 3.63) is 58.3 Å². The smallest absolute Gasteiger partial charge is 0.0556 e. The standard InChI is InChI=1S/C14H14Cl2N2S/c15-12-4-1-5-13(16)14(12)19-8-7-18-10-11-3-2-6-17-9-11/h1-6,9,18H,7-8,10H2. The van der Waals surface area contributed by atoms with Crippen molar-refractivity contribution in [3.8, 4) is 0 Å². The number of rotatable bonds is 6. The van der Waals surface area contributed by atoms with Crippen molar-refractivity contribution < 1.29 is 0 Å². The average molecular weight is 313 g/mol. The fourth-order valence-corrected chi connectivity index (χ4v) is 3.17. The lowest BCUT2D eigenvalue weighted by atomic mass is 10.3. The van der Waals surface area contributed by atoms with E-state index in [0.29, 0.717) is 10.0 Å². The summed E-state index contributed by atoms with van der Waals surface area (Å²) in [6, 6.07) is 9.57. The summed E-state index contributed by atoms with van der Waals surface area (Å²) in [6.07, 6.45) is 3.64. The van der Waals surface area contributed by atoms with Gasteiger partial charge in [-0.3, -0.25) is 4.98 Å². The van der Waals surface area contributed by atoms with E-state index in [4.69, 9.17) is 23.2 Å². The van der Waals surface area contributed by atoms with Crippen LogP contribution in [-0.2, 0) is 6.54 Å². The highest BCUT2D eigenvalue weighted by atomic mass is 35.5. The second-order valence-electron chi connectivity index (χ2n) is 3.94. The van der Waals surface area contributed by atoms with Gasteiger partial charge in [0, 0.05) is 36.1 Å². The van der Waals surface area contributed by atoms with E-state index in [1.54, 1.807) is 18.0 Å². The van der Waals surface area contributed by atoms with Crippen LogP contribution in [0.25, 0.3) is 0 Å². The van der Waals surface area contributed by atoms with Gasteiger partial charge in [0.2, 0.25) is 0 Å². The Labute approximate surface area is 127 Å². The number of halogens is 2. The molecule has 5 heteroatoms. The maximum Gasteiger partial charge on any atom is 0.0556 e. The first-order chi connectivity index (χ1) is 9.27. The summed E-state index contributed by atoms with van der Waals surface area (Å²) in [7, 11) is 0. The zero-order chi connectivity index (χ0) is 13.5. The molecule has 0 amide bonds. The van der Waals surface area contributed by atoms with Crippen molar-refractivity contribution in [1.82, 2.24) is 10.3 Å². The third-order valence-electron chi connectivity index (χ3n) is 2.50. The predicted octanol–water partition coefficient (Wildman–Crippen LogP) is 4.27. The van der Waals surface area contributed by atoms with Crippen LogP contribution >= 0.6 is 35.0 Å². The molecule has 2 nitrogen and oxygen atoms in total. The van der Waals surface area contributed by atoms with Crippen molar-refractivity contribution >= 4 is 35.0 Å². The molecule has 0 saturated heterocycles. The molecule has 100 valence electrons. The summed E-state index contributed by atoms with van der Waals surface area (Å²) >= 11 is 13.9. The molecule has 2 aromatic rings. The van der Waals surface area contributed by atoms with E-state index in [1.807, 2.05) is 30.5 Å². The summed E-state index contributed by atoms with van der Waals surface area (Å²) in [5.74, 6) is 0.920. The molecule has 1 aromatic carbocycles. The quantitative estimate of drug-likeness (QED) is 0.637. The van der Waals surface area contributed by atoms with Gasteiger partial charge in [0.25, 0.3) is 0 Å². The van der Waals surface area contributed by atoms with E-state index in [1.165, 1.54) is 5.56 Å². The minimum absolute atomic E-state index is 0.713. The van der Waals surface area contributed by atoms with Crippen molar-refractivity contribution in [2.24, 2.45) is 0 Å². The highest BCUT2D eigenvalue weighted by Crippen LogP contribution is 2.33. The molecule has 0 unspecified atom stereocenters. The Balaban J connectivity index is 1.73. The third kappa shape index (κ3) is 4.69. The Bertz CT molecular complexity index is 500. The summed E-state index contributed by atoms with van der Waals surface area (Å²) in [6.45, 7) is 1.71. The lowest BCUT2D eigenvalue weighted by Gasteiger charge is -2.07. The fourth-order valence-electron chi connectivity index (χ4n) is 1.58. The third-order valence-corrected chi connectivity index (χ3v) is 4.49. The molecule has 1 N–H and O–H groups in total. The highest BCUT2D eigenvalue weighted by molar-refractivity contribution is 7.99. The van der Waals surface area contributed by atoms with Gasteiger partial charge in [0.1, 0.15) is 0 Å². The lowest BCUT2D eigenvalue weighted by molar-refractivity contribution is 0.729. The van der Waals surface area contributed by atoms with Crippen LogP contribution in [0.2, 0.25) is 10.0 Å². The number of benzene rings is 1. The lowest BCUT2D eigenvalue weighted by Crippen LogP contribution is -2.16. The number of nitrogens with zero attached hydrogens (tertiary/aromatic N) is 1. The molecule has 0 saturated carbocycles. The number of hydrogen-bond donors (Lipinski definition) is 1. The fraction of sp³-hybridized carbons (Fsp3) is 0.214. The van der Waals surface area contributed by atoms with E-state index in [-0.39, 0.29) is 0 Å². The van der Waals surface area contributed by atoms with Crippen molar-refractivity contribution in [1.29, 1.82) is 0 Å². The first kappa shape index (κ1) is 14.7. The zero-order valence-corrected chi connectivity index (χ0v) is 12.6. The minimum Gasteiger partial charge on any atom is -0.312 e. The maximum atomic E-state index is 6.10. The SMILES string of the molecule is Clc1cccc(Cl)c1SCCNCc1cccnc1. The maximum absolute atomic E-state index is 6.10. The molecule has 0 aliphatic rings. The zero-order valence-electron chi connectivity index (χ0n) is 10.3. The number of aromatic nitrogens is 1. The molecule has 0 fully saturated rings. The molecule has 0 aliphatic heterocycles. The van der Waals surface area contributed by atoms with Gasteiger partial charge in [-0.15, -0.1) is 11.8 Å². The topological polar surface area (TPSA) is 24.9 Å². The van der Waals surface area contributed by atoms with Crippen LogP contribution in [0.4, 0.5) is 0 Å². The van der Waals surface area contributed by atoms with E-state index in [0.717, 1.165) is 23.7 Å². The monoisotopic (exact) mass is 312 g/mol. The molecule has 0 bridgehead atoms. The van der Waals surface area contributed by atoms with Gasteiger partial charge in [0.05, 0.1) is 10.0 Å². The molecule has 19 heavy (non-hydrogen) atoms. The Kier molecular flexibility index (Phi) is 5.98. The van der Waals surface area contributed by atoms with E-state index in [9.17, 15) is 0 Å². The van der Waals surface area contributed by atoms with Crippen molar-refractivity contribution in [2.45, 2.75) is 11.4 Å². The van der Waals surface area contributed by atoms with Gasteiger partial charge in [-0.05, 0) is 23.8 Å². The first-order valence-corrected chi connectivity index (χ1v) is 7.68. The Morgan fingerprint density at radius 2 is 1.89 bits per heavy atom. The van der Waals surface area contributed by atoms with Crippen LogP contribution in [0.1, 0.15) is 5.56 Å². The van der Waals surface area contributed by atoms with Gasteiger partial charge in [-0.1, -0.05) is 35.3 Å². The molecule has 0 aliphatic carbocycles.